The number of carboxylic acids is 2. The molecule has 17 heteroatoms. The average Bonchev–Trinajstić information content (AvgIpc) is 3.34. The van der Waals surface area contributed by atoms with Gasteiger partial charge in [0.05, 0.1) is 26.8 Å². The molecule has 0 radical (unpaired) electrons. The zero-order valence-electron chi connectivity index (χ0n) is 47.4. The van der Waals surface area contributed by atoms with E-state index in [4.69, 9.17) is 14.6 Å². The molecule has 2 amide bonds. The van der Waals surface area contributed by atoms with E-state index in [0.29, 0.717) is 45.4 Å². The van der Waals surface area contributed by atoms with Crippen LogP contribution in [0, 0.1) is 0 Å². The number of nitrogens with one attached hydrogen (secondary N) is 1. The third-order valence-corrected chi connectivity index (χ3v) is 10.6. The fourth-order valence-corrected chi connectivity index (χ4v) is 6.37. The number of ether oxygens (including phenoxy) is 2. The number of carbonyl (C=O) groups is 6. The number of quaternary nitrogens is 4. The number of carboxylic acid groups (broad SMARTS) is 2. The summed E-state index contributed by atoms with van der Waals surface area (Å²) >= 11 is 0. The zero-order valence-corrected chi connectivity index (χ0v) is 47.4. The van der Waals surface area contributed by atoms with Crippen molar-refractivity contribution in [2.45, 2.75) is 196 Å². The predicted octanol–water partition coefficient (Wildman–Crippen LogP) is 2.91. The Morgan fingerprint density at radius 2 is 0.930 bits per heavy atom. The number of aliphatic carboxylic acids is 2. The second-order valence-electron chi connectivity index (χ2n) is 17.9. The van der Waals surface area contributed by atoms with E-state index in [9.17, 15) is 33.9 Å². The highest BCUT2D eigenvalue weighted by Gasteiger charge is 2.08. The van der Waals surface area contributed by atoms with Crippen LogP contribution in [-0.2, 0) is 38.2 Å². The molecule has 0 fully saturated rings. The maximum absolute atomic E-state index is 11.7. The first-order chi connectivity index (χ1) is 34.2. The summed E-state index contributed by atoms with van der Waals surface area (Å²) in [7, 11) is 7.58. The zero-order chi connectivity index (χ0) is 54.4. The van der Waals surface area contributed by atoms with Crippen molar-refractivity contribution in [3.8, 4) is 0 Å². The lowest BCUT2D eigenvalue weighted by Gasteiger charge is -2.15. The Bertz CT molecular complexity index is 1200. The van der Waals surface area contributed by atoms with Gasteiger partial charge < -0.3 is 60.9 Å². The van der Waals surface area contributed by atoms with Crippen LogP contribution in [0.3, 0.4) is 0 Å². The molecule has 0 spiro atoms. The van der Waals surface area contributed by atoms with Crippen molar-refractivity contribution >= 4 is 35.7 Å². The number of carbonyl (C=O) groups excluding carboxylic acids is 5. The van der Waals surface area contributed by atoms with Crippen LogP contribution in [0.25, 0.3) is 0 Å². The number of hydrogen-bond acceptors (Lipinski definition) is 10. The second-order valence-corrected chi connectivity index (χ2v) is 17.9. The fourth-order valence-electron chi connectivity index (χ4n) is 6.37. The number of amides is 2. The molecular weight excluding hydrogens is 907 g/mol. The van der Waals surface area contributed by atoms with Crippen LogP contribution in [0.2, 0.25) is 0 Å². The van der Waals surface area contributed by atoms with E-state index < -0.39 is 11.9 Å². The van der Waals surface area contributed by atoms with Crippen molar-refractivity contribution < 1.29 is 69.7 Å². The Hall–Kier alpha value is -3.64. The number of nitrogens with two attached hydrogens (primary N) is 4. The highest BCUT2D eigenvalue weighted by atomic mass is 16.5. The van der Waals surface area contributed by atoms with Crippen LogP contribution in [-0.4, -0.2) is 157 Å². The van der Waals surface area contributed by atoms with Crippen molar-refractivity contribution in [2.24, 2.45) is 0 Å². The maximum atomic E-state index is 11.7. The molecule has 0 saturated heterocycles. The minimum Gasteiger partial charge on any atom is -0.550 e. The van der Waals surface area contributed by atoms with E-state index >= 15 is 0 Å². The third-order valence-electron chi connectivity index (χ3n) is 10.6. The molecule has 0 saturated carbocycles. The van der Waals surface area contributed by atoms with Gasteiger partial charge in [0.2, 0.25) is 11.8 Å². The van der Waals surface area contributed by atoms with Gasteiger partial charge in [-0.3, -0.25) is 19.2 Å². The molecule has 0 aliphatic heterocycles. The van der Waals surface area contributed by atoms with Crippen LogP contribution in [0.15, 0.2) is 12.2 Å². The average molecular weight is 1020 g/mol. The summed E-state index contributed by atoms with van der Waals surface area (Å²) in [5.41, 5.74) is 0. The Morgan fingerprint density at radius 1 is 0.507 bits per heavy atom. The van der Waals surface area contributed by atoms with Gasteiger partial charge in [-0.25, -0.2) is 4.79 Å². The molecule has 0 bridgehead atoms. The third kappa shape index (κ3) is 75.4. The molecule has 0 atom stereocenters. The minimum atomic E-state index is -1.10. The number of esters is 2. The Morgan fingerprint density at radius 3 is 1.32 bits per heavy atom. The van der Waals surface area contributed by atoms with E-state index in [1.807, 2.05) is 21.0 Å². The normalized spacial score (nSPS) is 10.3. The Balaban J connectivity index is -0.000000269. The Labute approximate surface area is 433 Å². The van der Waals surface area contributed by atoms with Crippen molar-refractivity contribution in [3.63, 3.8) is 0 Å². The number of hydrogen-bond donors (Lipinski definition) is 6. The largest absolute Gasteiger partial charge is 0.550 e. The first-order valence-electron chi connectivity index (χ1n) is 28.0. The maximum Gasteiger partial charge on any atom is 0.328 e. The fraction of sp³-hybridized carbons (Fsp3) is 0.852. The first kappa shape index (κ1) is 76.3. The Kier molecular flexibility index (Phi) is 71.3. The van der Waals surface area contributed by atoms with Crippen LogP contribution < -0.4 is 31.7 Å². The van der Waals surface area contributed by atoms with Crippen LogP contribution >= 0.6 is 0 Å². The van der Waals surface area contributed by atoms with E-state index in [2.05, 4.69) is 68.3 Å². The van der Waals surface area contributed by atoms with Gasteiger partial charge in [0.25, 0.3) is 0 Å². The van der Waals surface area contributed by atoms with Gasteiger partial charge in [0, 0.05) is 64.6 Å². The molecule has 71 heavy (non-hydrogen) atoms. The highest BCUT2D eigenvalue weighted by Crippen LogP contribution is 2.08. The molecule has 0 aromatic carbocycles. The van der Waals surface area contributed by atoms with Gasteiger partial charge in [-0.15, -0.1) is 0 Å². The summed E-state index contributed by atoms with van der Waals surface area (Å²) in [5.74, 6) is -2.39. The van der Waals surface area contributed by atoms with Gasteiger partial charge in [-0.05, 0) is 97.1 Å². The smallest absolute Gasteiger partial charge is 0.328 e. The van der Waals surface area contributed by atoms with Gasteiger partial charge in [0.1, 0.15) is 39.3 Å². The second kappa shape index (κ2) is 66.4. The molecule has 0 unspecified atom stereocenters. The molecule has 422 valence electrons. The molecule has 17 nitrogen and oxygen atoms in total. The number of rotatable bonds is 43. The summed E-state index contributed by atoms with van der Waals surface area (Å²) < 4.78 is 10.3. The van der Waals surface area contributed by atoms with Crippen LogP contribution in [0.1, 0.15) is 196 Å². The van der Waals surface area contributed by atoms with E-state index in [-0.39, 0.29) is 30.2 Å². The van der Waals surface area contributed by atoms with Gasteiger partial charge in [0.15, 0.2) is 0 Å². The first-order valence-corrected chi connectivity index (χ1v) is 28.0. The number of likely N-dealkylation sites (N-methyl/N-ethyl adjacent to an activating group) is 2. The van der Waals surface area contributed by atoms with Crippen molar-refractivity contribution in [2.75, 3.05) is 107 Å². The summed E-state index contributed by atoms with van der Waals surface area (Å²) in [5, 5.41) is 30.9. The highest BCUT2D eigenvalue weighted by molar-refractivity contribution is 5.93. The van der Waals surface area contributed by atoms with Crippen molar-refractivity contribution in [1.29, 1.82) is 0 Å². The number of nitrogens with zero attached hydrogens (tertiary/aromatic N) is 2. The summed E-state index contributed by atoms with van der Waals surface area (Å²) in [6, 6.07) is 0. The minimum absolute atomic E-state index is 0.0738. The molecule has 0 rings (SSSR count). The van der Waals surface area contributed by atoms with Crippen molar-refractivity contribution in [1.82, 2.24) is 15.1 Å². The molecule has 0 aromatic heterocycles. The lowest BCUT2D eigenvalue weighted by atomic mass is 10.1. The van der Waals surface area contributed by atoms with Gasteiger partial charge in [-0.1, -0.05) is 92.9 Å². The summed E-state index contributed by atoms with van der Waals surface area (Å²) in [4.78, 5) is 68.9. The molecule has 0 heterocycles. The summed E-state index contributed by atoms with van der Waals surface area (Å²) in [6.45, 7) is 25.1. The van der Waals surface area contributed by atoms with E-state index in [1.165, 1.54) is 102 Å². The quantitative estimate of drug-likeness (QED) is 0.0295. The monoisotopic (exact) mass is 1020 g/mol. The van der Waals surface area contributed by atoms with Crippen LogP contribution in [0.4, 0.5) is 0 Å². The molecule has 0 aliphatic rings. The number of unbranched alkanes of at least 4 members (excludes halogenated alkanes) is 12. The summed E-state index contributed by atoms with van der Waals surface area (Å²) in [6.07, 6.45) is 24.1. The lowest BCUT2D eigenvalue weighted by molar-refractivity contribution is -0.760. The SMILES string of the molecule is CCCCCCCC(=O)OCCCCCC(=O)N(C)CCC.CCCCCCCC(=O)OCCCCCC(=O)[O-].CCCN(C)C(=O)C=CC(=O)O.CCCNC.CCC[NH2+]CC[NH2+]CC[NH2+]CC[NH2+]C. The van der Waals surface area contributed by atoms with Gasteiger partial charge >= 0.3 is 17.9 Å². The molecule has 0 aromatic rings. The van der Waals surface area contributed by atoms with Crippen LogP contribution in [0.5, 0.6) is 0 Å². The standard InChI is InChI=1S/C18H35NO3.C14H26O4.C10H26N4.C8H13NO3.C4H11N/c1-4-6-7-8-11-14-18(21)22-16-12-9-10-13-17(20)19(3)15-5-2;1-2-3-4-5-8-11-14(17)18-12-9-6-7-10-13(15)16;1-3-4-12-7-8-14-10-9-13-6-5-11-2;1-3-6-9(2)7(10)4-5-8(11)12;1-3-4-5-2/h4-16H2,1-3H3;2-12H2,1H3,(H,15,16);11-14H,3-10H2,1-2H3;4-5H,3,6H2,1-2H3,(H,11,12);5H,3-4H2,1-2H3/p+3. The topological polar surface area (TPSA) is 249 Å². The van der Waals surface area contributed by atoms with E-state index in [0.717, 1.165) is 95.9 Å². The van der Waals surface area contributed by atoms with Gasteiger partial charge in [-0.2, -0.15) is 0 Å². The van der Waals surface area contributed by atoms with E-state index in [1.54, 1.807) is 11.9 Å². The lowest BCUT2D eigenvalue weighted by Crippen LogP contribution is -3.00. The van der Waals surface area contributed by atoms with Crippen molar-refractivity contribution in [3.05, 3.63) is 12.2 Å². The molecular formula is C54H114N7O10+3. The molecule has 10 N–H and O–H groups in total. The predicted molar refractivity (Wildman–Crippen MR) is 285 cm³/mol. The molecule has 0 aliphatic carbocycles.